The Labute approximate surface area is 91.2 Å². The Hall–Kier alpha value is -0.220. The second-order valence-corrected chi connectivity index (χ2v) is 5.14. The molecule has 0 saturated carbocycles. The summed E-state index contributed by atoms with van der Waals surface area (Å²) in [7, 11) is 0. The Morgan fingerprint density at radius 1 is 1.64 bits per heavy atom. The lowest BCUT2D eigenvalue weighted by atomic mass is 9.99. The zero-order valence-electron chi connectivity index (χ0n) is 9.59. The summed E-state index contributed by atoms with van der Waals surface area (Å²) in [6.07, 6.45) is 3.73. The van der Waals surface area contributed by atoms with Gasteiger partial charge in [-0.25, -0.2) is 0 Å². The number of thioether (sulfide) groups is 1. The third-order valence-corrected chi connectivity index (χ3v) is 3.53. The summed E-state index contributed by atoms with van der Waals surface area (Å²) < 4.78 is 0. The quantitative estimate of drug-likeness (QED) is 0.708. The highest BCUT2D eigenvalue weighted by atomic mass is 32.2. The van der Waals surface area contributed by atoms with Crippen LogP contribution in [0.25, 0.3) is 0 Å². The first-order valence-corrected chi connectivity index (χ1v) is 6.32. The maximum atomic E-state index is 11.5. The molecule has 2 atom stereocenters. The van der Waals surface area contributed by atoms with Crippen LogP contribution in [0.2, 0.25) is 0 Å². The van der Waals surface area contributed by atoms with Gasteiger partial charge in [0.2, 0.25) is 5.91 Å². The molecule has 3 nitrogen and oxygen atoms in total. The molecule has 3 N–H and O–H groups in total. The zero-order chi connectivity index (χ0) is 11.2. The van der Waals surface area contributed by atoms with Crippen LogP contribution in [0.1, 0.15) is 33.6 Å². The predicted octanol–water partition coefficient (Wildman–Crippen LogP) is 1.37. The minimum absolute atomic E-state index is 0.0479. The number of nitrogens with two attached hydrogens (primary N) is 1. The van der Waals surface area contributed by atoms with Crippen LogP contribution < -0.4 is 11.1 Å². The fourth-order valence-corrected chi connectivity index (χ4v) is 1.22. The molecular formula is C10H22N2OS. The normalized spacial score (nSPS) is 17.2. The van der Waals surface area contributed by atoms with Gasteiger partial charge in [0.1, 0.15) is 0 Å². The fourth-order valence-electron chi connectivity index (χ4n) is 0.869. The second-order valence-electron chi connectivity index (χ2n) is 3.86. The molecule has 0 bridgehead atoms. The van der Waals surface area contributed by atoms with E-state index in [-0.39, 0.29) is 5.91 Å². The van der Waals surface area contributed by atoms with Gasteiger partial charge in [-0.15, -0.1) is 0 Å². The average Bonchev–Trinajstić information content (AvgIpc) is 2.17. The van der Waals surface area contributed by atoms with Gasteiger partial charge in [0.25, 0.3) is 0 Å². The van der Waals surface area contributed by atoms with Gasteiger partial charge in [0.15, 0.2) is 0 Å². The first-order valence-electron chi connectivity index (χ1n) is 5.04. The summed E-state index contributed by atoms with van der Waals surface area (Å²) in [4.78, 5) is 11.5. The van der Waals surface area contributed by atoms with Crippen molar-refractivity contribution in [3.63, 3.8) is 0 Å². The van der Waals surface area contributed by atoms with E-state index in [1.807, 2.05) is 18.7 Å². The number of rotatable bonds is 6. The lowest BCUT2D eigenvalue weighted by molar-refractivity contribution is -0.125. The molecule has 0 rings (SSSR count). The van der Waals surface area contributed by atoms with Gasteiger partial charge in [-0.1, -0.05) is 13.8 Å². The van der Waals surface area contributed by atoms with E-state index in [1.54, 1.807) is 6.92 Å². The minimum Gasteiger partial charge on any atom is -0.354 e. The monoisotopic (exact) mass is 218 g/mol. The second kappa shape index (κ2) is 6.30. The van der Waals surface area contributed by atoms with Gasteiger partial charge < -0.3 is 11.1 Å². The smallest absolute Gasteiger partial charge is 0.239 e. The maximum absolute atomic E-state index is 11.5. The van der Waals surface area contributed by atoms with Crippen molar-refractivity contribution in [1.82, 2.24) is 5.32 Å². The van der Waals surface area contributed by atoms with Gasteiger partial charge in [0.05, 0.1) is 5.54 Å². The van der Waals surface area contributed by atoms with E-state index in [0.29, 0.717) is 18.2 Å². The number of hydrogen-bond donors (Lipinski definition) is 2. The third kappa shape index (κ3) is 4.86. The lowest BCUT2D eigenvalue weighted by Gasteiger charge is -2.21. The number of carbonyl (C=O) groups is 1. The standard InChI is InChI=1S/C10H22N2OS/c1-5-10(3,11)9(13)12-7-6-8(2)14-4/h8H,5-7,11H2,1-4H3,(H,12,13). The molecule has 14 heavy (non-hydrogen) atoms. The number of carbonyl (C=O) groups excluding carboxylic acids is 1. The van der Waals surface area contributed by atoms with Crippen LogP contribution in [0, 0.1) is 0 Å². The molecule has 0 aliphatic rings. The molecule has 1 amide bonds. The summed E-state index contributed by atoms with van der Waals surface area (Å²) >= 11 is 1.81. The Balaban J connectivity index is 3.75. The number of hydrogen-bond acceptors (Lipinski definition) is 3. The molecule has 0 saturated heterocycles. The fraction of sp³-hybridized carbons (Fsp3) is 0.900. The SMILES string of the molecule is CCC(C)(N)C(=O)NCCC(C)SC. The van der Waals surface area contributed by atoms with E-state index in [4.69, 9.17) is 5.73 Å². The molecule has 2 unspecified atom stereocenters. The van der Waals surface area contributed by atoms with Gasteiger partial charge in [-0.05, 0) is 26.0 Å². The minimum atomic E-state index is -0.720. The Kier molecular flexibility index (Phi) is 6.20. The molecule has 0 aliphatic heterocycles. The van der Waals surface area contributed by atoms with Gasteiger partial charge >= 0.3 is 0 Å². The van der Waals surface area contributed by atoms with Crippen LogP contribution >= 0.6 is 11.8 Å². The first-order chi connectivity index (χ1) is 6.44. The summed E-state index contributed by atoms with van der Waals surface area (Å²) in [6.45, 7) is 6.55. The Bertz CT molecular complexity index is 183. The van der Waals surface area contributed by atoms with E-state index >= 15 is 0 Å². The van der Waals surface area contributed by atoms with Crippen LogP contribution in [0.4, 0.5) is 0 Å². The molecule has 4 heteroatoms. The predicted molar refractivity (Wildman–Crippen MR) is 63.5 cm³/mol. The molecule has 0 radical (unpaired) electrons. The summed E-state index contributed by atoms with van der Waals surface area (Å²) in [5.74, 6) is -0.0479. The summed E-state index contributed by atoms with van der Waals surface area (Å²) in [5, 5.41) is 3.45. The van der Waals surface area contributed by atoms with Crippen LogP contribution in [-0.4, -0.2) is 29.5 Å². The van der Waals surface area contributed by atoms with E-state index in [2.05, 4.69) is 18.5 Å². The molecule has 0 aromatic rings. The van der Waals surface area contributed by atoms with Crippen molar-refractivity contribution in [1.29, 1.82) is 0 Å². The molecule has 84 valence electrons. The zero-order valence-corrected chi connectivity index (χ0v) is 10.4. The molecule has 0 aliphatic carbocycles. The largest absolute Gasteiger partial charge is 0.354 e. The molecular weight excluding hydrogens is 196 g/mol. The van der Waals surface area contributed by atoms with Crippen molar-refractivity contribution in [3.8, 4) is 0 Å². The number of amides is 1. The van der Waals surface area contributed by atoms with Crippen LogP contribution in [0.15, 0.2) is 0 Å². The van der Waals surface area contributed by atoms with Crippen molar-refractivity contribution >= 4 is 17.7 Å². The van der Waals surface area contributed by atoms with Crippen molar-refractivity contribution in [2.24, 2.45) is 5.73 Å². The van der Waals surface area contributed by atoms with Crippen molar-refractivity contribution in [2.75, 3.05) is 12.8 Å². The van der Waals surface area contributed by atoms with E-state index < -0.39 is 5.54 Å². The van der Waals surface area contributed by atoms with Crippen LogP contribution in [0.5, 0.6) is 0 Å². The van der Waals surface area contributed by atoms with Crippen molar-refractivity contribution in [2.45, 2.75) is 44.4 Å². The van der Waals surface area contributed by atoms with Gasteiger partial charge in [-0.3, -0.25) is 4.79 Å². The van der Waals surface area contributed by atoms with Crippen molar-refractivity contribution < 1.29 is 4.79 Å². The summed E-state index contributed by atoms with van der Waals surface area (Å²) in [6, 6.07) is 0. The van der Waals surface area contributed by atoms with Crippen molar-refractivity contribution in [3.05, 3.63) is 0 Å². The highest BCUT2D eigenvalue weighted by Gasteiger charge is 2.25. The van der Waals surface area contributed by atoms with Gasteiger partial charge in [-0.2, -0.15) is 11.8 Å². The molecule has 0 aromatic carbocycles. The van der Waals surface area contributed by atoms with E-state index in [1.165, 1.54) is 0 Å². The van der Waals surface area contributed by atoms with Crippen LogP contribution in [-0.2, 0) is 4.79 Å². The van der Waals surface area contributed by atoms with E-state index in [0.717, 1.165) is 6.42 Å². The Morgan fingerprint density at radius 2 is 2.21 bits per heavy atom. The molecule has 0 spiro atoms. The summed E-state index contributed by atoms with van der Waals surface area (Å²) in [5.41, 5.74) is 5.07. The average molecular weight is 218 g/mol. The molecule has 0 aromatic heterocycles. The molecule has 0 heterocycles. The number of nitrogens with one attached hydrogen (secondary N) is 1. The topological polar surface area (TPSA) is 55.1 Å². The van der Waals surface area contributed by atoms with Gasteiger partial charge in [0, 0.05) is 11.8 Å². The Morgan fingerprint density at radius 3 is 2.64 bits per heavy atom. The maximum Gasteiger partial charge on any atom is 0.239 e. The lowest BCUT2D eigenvalue weighted by Crippen LogP contribution is -2.51. The highest BCUT2D eigenvalue weighted by molar-refractivity contribution is 7.99. The third-order valence-electron chi connectivity index (χ3n) is 2.49. The van der Waals surface area contributed by atoms with Crippen LogP contribution in [0.3, 0.4) is 0 Å². The van der Waals surface area contributed by atoms with E-state index in [9.17, 15) is 4.79 Å². The first kappa shape index (κ1) is 13.8. The molecule has 0 fully saturated rings. The highest BCUT2D eigenvalue weighted by Crippen LogP contribution is 2.09.